The number of nitrogens with one attached hydrogen (secondary N) is 1. The Morgan fingerprint density at radius 2 is 1.35 bits per heavy atom. The monoisotopic (exact) mass is 409 g/mol. The third kappa shape index (κ3) is 3.59. The minimum absolute atomic E-state index is 0.0231. The molecule has 0 atom stereocenters. The van der Waals surface area contributed by atoms with Crippen molar-refractivity contribution in [3.63, 3.8) is 0 Å². The van der Waals surface area contributed by atoms with Gasteiger partial charge in [-0.2, -0.15) is 0 Å². The van der Waals surface area contributed by atoms with Crippen LogP contribution in [0.3, 0.4) is 0 Å². The van der Waals surface area contributed by atoms with Crippen molar-refractivity contribution >= 4 is 5.91 Å². The van der Waals surface area contributed by atoms with E-state index in [-0.39, 0.29) is 17.4 Å². The van der Waals surface area contributed by atoms with Crippen LogP contribution in [0.2, 0.25) is 0 Å². The van der Waals surface area contributed by atoms with Gasteiger partial charge >= 0.3 is 0 Å². The fourth-order valence-corrected chi connectivity index (χ4v) is 4.30. The van der Waals surface area contributed by atoms with Crippen molar-refractivity contribution in [2.24, 2.45) is 0 Å². The SMILES string of the molecule is O=C(C(c1ccccc1)c1ccccc1)N1CCc2[nH]n(-c3ccccc3)c(=O)c2C1. The molecule has 31 heavy (non-hydrogen) atoms. The van der Waals surface area contributed by atoms with Gasteiger partial charge in [0.25, 0.3) is 5.56 Å². The van der Waals surface area contributed by atoms with Gasteiger partial charge in [0.05, 0.1) is 23.7 Å². The molecule has 5 nitrogen and oxygen atoms in total. The number of carbonyl (C=O) groups excluding carboxylic acids is 1. The van der Waals surface area contributed by atoms with Gasteiger partial charge in [-0.3, -0.25) is 14.7 Å². The van der Waals surface area contributed by atoms with E-state index in [1.807, 2.05) is 95.9 Å². The summed E-state index contributed by atoms with van der Waals surface area (Å²) in [5.74, 6) is -0.367. The number of hydrogen-bond donors (Lipinski definition) is 1. The number of carbonyl (C=O) groups is 1. The number of para-hydroxylation sites is 1. The minimum atomic E-state index is -0.390. The molecule has 0 aliphatic carbocycles. The fraction of sp³-hybridized carbons (Fsp3) is 0.154. The zero-order valence-electron chi connectivity index (χ0n) is 17.1. The van der Waals surface area contributed by atoms with E-state index in [1.54, 1.807) is 4.68 Å². The largest absolute Gasteiger partial charge is 0.337 e. The van der Waals surface area contributed by atoms with Crippen LogP contribution in [0, 0.1) is 0 Å². The molecule has 0 saturated carbocycles. The van der Waals surface area contributed by atoms with Gasteiger partial charge in [-0.15, -0.1) is 0 Å². The summed E-state index contributed by atoms with van der Waals surface area (Å²) in [4.78, 5) is 28.6. The van der Waals surface area contributed by atoms with E-state index in [4.69, 9.17) is 0 Å². The van der Waals surface area contributed by atoms with Crippen molar-refractivity contribution in [2.75, 3.05) is 6.54 Å². The number of nitrogens with zero attached hydrogens (tertiary/aromatic N) is 2. The van der Waals surface area contributed by atoms with E-state index in [0.29, 0.717) is 25.1 Å². The van der Waals surface area contributed by atoms with Crippen LogP contribution in [0.15, 0.2) is 95.8 Å². The molecular formula is C26H23N3O2. The number of rotatable bonds is 4. The van der Waals surface area contributed by atoms with Gasteiger partial charge in [0, 0.05) is 18.7 Å². The van der Waals surface area contributed by atoms with Crippen molar-refractivity contribution in [3.8, 4) is 5.69 Å². The molecule has 5 heteroatoms. The zero-order chi connectivity index (χ0) is 21.2. The lowest BCUT2D eigenvalue weighted by molar-refractivity contribution is -0.132. The van der Waals surface area contributed by atoms with Gasteiger partial charge in [0.1, 0.15) is 0 Å². The molecule has 0 saturated heterocycles. The first-order chi connectivity index (χ1) is 15.2. The second kappa shape index (κ2) is 8.11. The van der Waals surface area contributed by atoms with Crippen molar-refractivity contribution in [2.45, 2.75) is 18.9 Å². The number of H-pyrrole nitrogens is 1. The van der Waals surface area contributed by atoms with Gasteiger partial charge in [-0.05, 0) is 23.3 Å². The molecule has 5 rings (SSSR count). The van der Waals surface area contributed by atoms with Crippen LogP contribution < -0.4 is 5.56 Å². The third-order valence-electron chi connectivity index (χ3n) is 5.89. The van der Waals surface area contributed by atoms with Crippen LogP contribution in [-0.4, -0.2) is 27.1 Å². The molecule has 1 aliphatic heterocycles. The Hall–Kier alpha value is -3.86. The first-order valence-electron chi connectivity index (χ1n) is 10.5. The molecule has 1 aliphatic rings. The van der Waals surface area contributed by atoms with Gasteiger partial charge in [0.15, 0.2) is 0 Å². The Morgan fingerprint density at radius 1 is 0.806 bits per heavy atom. The standard InChI is InChI=1S/C26H23N3O2/c30-25-22-18-28(17-16-23(22)27-29(25)21-14-8-3-9-15-21)26(31)24(19-10-4-1-5-11-19)20-12-6-2-7-13-20/h1-15,24,27H,16-18H2. The Morgan fingerprint density at radius 3 is 1.94 bits per heavy atom. The van der Waals surface area contributed by atoms with E-state index >= 15 is 0 Å². The lowest BCUT2D eigenvalue weighted by atomic mass is 9.89. The van der Waals surface area contributed by atoms with Crippen LogP contribution in [0.4, 0.5) is 0 Å². The summed E-state index contributed by atoms with van der Waals surface area (Å²) in [6.45, 7) is 0.899. The highest BCUT2D eigenvalue weighted by molar-refractivity contribution is 5.87. The Kier molecular flexibility index (Phi) is 5.00. The third-order valence-corrected chi connectivity index (χ3v) is 5.89. The summed E-state index contributed by atoms with van der Waals surface area (Å²) in [5, 5.41) is 3.24. The quantitative estimate of drug-likeness (QED) is 0.556. The number of aromatic nitrogens is 2. The van der Waals surface area contributed by atoms with Crippen LogP contribution in [0.25, 0.3) is 5.69 Å². The first-order valence-corrected chi connectivity index (χ1v) is 10.5. The smallest absolute Gasteiger partial charge is 0.276 e. The second-order valence-corrected chi connectivity index (χ2v) is 7.81. The predicted octanol–water partition coefficient (Wildman–Crippen LogP) is 3.88. The summed E-state index contributed by atoms with van der Waals surface area (Å²) < 4.78 is 1.57. The summed E-state index contributed by atoms with van der Waals surface area (Å²) >= 11 is 0. The number of fused-ring (bicyclic) bond motifs is 1. The summed E-state index contributed by atoms with van der Waals surface area (Å²) in [5.41, 5.74) is 4.21. The molecule has 154 valence electrons. The van der Waals surface area contributed by atoms with Gasteiger partial charge in [0.2, 0.25) is 5.91 Å². The van der Waals surface area contributed by atoms with Gasteiger partial charge in [-0.1, -0.05) is 78.9 Å². The average Bonchev–Trinajstić information content (AvgIpc) is 3.17. The molecule has 3 aromatic carbocycles. The molecule has 4 aromatic rings. The van der Waals surface area contributed by atoms with Crippen LogP contribution in [0.1, 0.15) is 28.3 Å². The number of amides is 1. The van der Waals surface area contributed by atoms with Gasteiger partial charge in [-0.25, -0.2) is 4.68 Å². The molecule has 0 spiro atoms. The highest BCUT2D eigenvalue weighted by atomic mass is 16.2. The summed E-state index contributed by atoms with van der Waals surface area (Å²) in [6.07, 6.45) is 0.631. The number of benzene rings is 3. The topological polar surface area (TPSA) is 58.1 Å². The van der Waals surface area contributed by atoms with E-state index in [2.05, 4.69) is 5.10 Å². The molecule has 1 amide bonds. The van der Waals surface area contributed by atoms with E-state index < -0.39 is 0 Å². The highest BCUT2D eigenvalue weighted by Crippen LogP contribution is 2.29. The van der Waals surface area contributed by atoms with Crippen molar-refractivity contribution in [1.29, 1.82) is 0 Å². The van der Waals surface area contributed by atoms with Crippen molar-refractivity contribution in [1.82, 2.24) is 14.7 Å². The molecule has 0 radical (unpaired) electrons. The van der Waals surface area contributed by atoms with Gasteiger partial charge < -0.3 is 4.90 Å². The summed E-state index contributed by atoms with van der Waals surface area (Å²) in [6, 6.07) is 29.2. The summed E-state index contributed by atoms with van der Waals surface area (Å²) in [7, 11) is 0. The molecule has 0 unspecified atom stereocenters. The minimum Gasteiger partial charge on any atom is -0.337 e. The van der Waals surface area contributed by atoms with E-state index in [0.717, 1.165) is 22.5 Å². The molecule has 0 fully saturated rings. The van der Waals surface area contributed by atoms with Crippen molar-refractivity contribution < 1.29 is 4.79 Å². The highest BCUT2D eigenvalue weighted by Gasteiger charge is 2.31. The molecule has 1 N–H and O–H groups in total. The van der Waals surface area contributed by atoms with Crippen LogP contribution in [-0.2, 0) is 17.8 Å². The Labute approximate surface area is 180 Å². The average molecular weight is 409 g/mol. The molecule has 1 aromatic heterocycles. The zero-order valence-corrected chi connectivity index (χ0v) is 17.1. The predicted molar refractivity (Wildman–Crippen MR) is 120 cm³/mol. The van der Waals surface area contributed by atoms with Crippen LogP contribution >= 0.6 is 0 Å². The van der Waals surface area contributed by atoms with Crippen molar-refractivity contribution in [3.05, 3.63) is 124 Å². The molecule has 0 bridgehead atoms. The van der Waals surface area contributed by atoms with E-state index in [9.17, 15) is 9.59 Å². The van der Waals surface area contributed by atoms with E-state index in [1.165, 1.54) is 0 Å². The lowest BCUT2D eigenvalue weighted by Gasteiger charge is -2.30. The maximum atomic E-state index is 13.7. The first kappa shape index (κ1) is 19.1. The number of hydrogen-bond acceptors (Lipinski definition) is 2. The maximum absolute atomic E-state index is 13.7. The maximum Gasteiger partial charge on any atom is 0.276 e. The Balaban J connectivity index is 1.48. The fourth-order valence-electron chi connectivity index (χ4n) is 4.30. The molecule has 2 heterocycles. The second-order valence-electron chi connectivity index (χ2n) is 7.81. The lowest BCUT2D eigenvalue weighted by Crippen LogP contribution is -2.40. The normalized spacial score (nSPS) is 13.3. The van der Waals surface area contributed by atoms with Crippen LogP contribution in [0.5, 0.6) is 0 Å². The Bertz CT molecular complexity index is 1200. The number of aromatic amines is 1. The molecular weight excluding hydrogens is 386 g/mol.